The molecule has 0 fully saturated rings. The topological polar surface area (TPSA) is 46.6 Å². The number of carbonyl (C=O) groups excluding carboxylic acids is 2. The van der Waals surface area contributed by atoms with E-state index >= 15 is 0 Å². The molecule has 0 radical (unpaired) electrons. The number of hydrogen-bond donors (Lipinski definition) is 0. The first-order valence-corrected chi connectivity index (χ1v) is 8.74. The van der Waals surface area contributed by atoms with Gasteiger partial charge in [-0.25, -0.2) is 0 Å². The lowest BCUT2D eigenvalue weighted by atomic mass is 10.4. The fraction of sp³-hybridized carbons (Fsp3) is 0.571. The molecule has 20 heavy (non-hydrogen) atoms. The number of amides is 1. The Morgan fingerprint density at radius 2 is 2.20 bits per heavy atom. The molecule has 0 aromatic carbocycles. The zero-order valence-electron chi connectivity index (χ0n) is 12.0. The first-order valence-electron chi connectivity index (χ1n) is 6.70. The maximum absolute atomic E-state index is 12.1. The third-order valence-electron chi connectivity index (χ3n) is 2.52. The van der Waals surface area contributed by atoms with Gasteiger partial charge in [0.1, 0.15) is 6.54 Å². The van der Waals surface area contributed by atoms with E-state index in [0.29, 0.717) is 18.9 Å². The minimum atomic E-state index is -0.336. The number of rotatable bonds is 9. The molecule has 0 saturated heterocycles. The third-order valence-corrected chi connectivity index (χ3v) is 4.55. The number of hydrogen-bond acceptors (Lipinski definition) is 5. The van der Waals surface area contributed by atoms with Crippen molar-refractivity contribution in [2.45, 2.75) is 26.0 Å². The normalized spacial score (nSPS) is 10.3. The van der Waals surface area contributed by atoms with E-state index in [1.807, 2.05) is 18.4 Å². The zero-order valence-corrected chi connectivity index (χ0v) is 13.6. The summed E-state index contributed by atoms with van der Waals surface area (Å²) in [5, 5.41) is 2.03. The Hall–Kier alpha value is -1.01. The van der Waals surface area contributed by atoms with Crippen molar-refractivity contribution in [3.05, 3.63) is 22.4 Å². The summed E-state index contributed by atoms with van der Waals surface area (Å²) in [6.07, 6.45) is 0.834. The smallest absolute Gasteiger partial charge is 0.325 e. The summed E-state index contributed by atoms with van der Waals surface area (Å²) in [6, 6.07) is 4.07. The second-order valence-electron chi connectivity index (χ2n) is 4.19. The van der Waals surface area contributed by atoms with Gasteiger partial charge >= 0.3 is 5.97 Å². The molecule has 1 rings (SSSR count). The van der Waals surface area contributed by atoms with Crippen LogP contribution < -0.4 is 0 Å². The van der Waals surface area contributed by atoms with Gasteiger partial charge in [0, 0.05) is 17.2 Å². The molecule has 112 valence electrons. The minimum Gasteiger partial charge on any atom is -0.465 e. The Morgan fingerprint density at radius 1 is 1.40 bits per heavy atom. The van der Waals surface area contributed by atoms with Crippen LogP contribution >= 0.6 is 23.1 Å². The molecule has 0 atom stereocenters. The third kappa shape index (κ3) is 6.43. The van der Waals surface area contributed by atoms with E-state index < -0.39 is 0 Å². The van der Waals surface area contributed by atoms with E-state index in [4.69, 9.17) is 4.74 Å². The molecule has 6 heteroatoms. The van der Waals surface area contributed by atoms with E-state index in [1.54, 1.807) is 34.9 Å². The largest absolute Gasteiger partial charge is 0.465 e. The number of carbonyl (C=O) groups is 2. The summed E-state index contributed by atoms with van der Waals surface area (Å²) in [5.41, 5.74) is 0. The van der Waals surface area contributed by atoms with Gasteiger partial charge < -0.3 is 9.64 Å². The van der Waals surface area contributed by atoms with Crippen molar-refractivity contribution >= 4 is 35.0 Å². The lowest BCUT2D eigenvalue weighted by Crippen LogP contribution is -2.38. The SMILES string of the molecule is CCCN(CC(=O)OCC)C(=O)CSCc1cccs1. The summed E-state index contributed by atoms with van der Waals surface area (Å²) >= 11 is 3.27. The summed E-state index contributed by atoms with van der Waals surface area (Å²) in [7, 11) is 0. The summed E-state index contributed by atoms with van der Waals surface area (Å²) < 4.78 is 4.89. The van der Waals surface area contributed by atoms with E-state index in [2.05, 4.69) is 6.07 Å². The Kier molecular flexibility index (Phi) is 8.37. The van der Waals surface area contributed by atoms with Crippen molar-refractivity contribution in [3.63, 3.8) is 0 Å². The molecule has 1 amide bonds. The van der Waals surface area contributed by atoms with Crippen molar-refractivity contribution in [2.75, 3.05) is 25.4 Å². The number of esters is 1. The molecule has 1 heterocycles. The molecular weight excluding hydrogens is 294 g/mol. The number of thiophene rings is 1. The monoisotopic (exact) mass is 315 g/mol. The highest BCUT2D eigenvalue weighted by molar-refractivity contribution is 7.99. The quantitative estimate of drug-likeness (QED) is 0.657. The van der Waals surface area contributed by atoms with Crippen LogP contribution in [-0.4, -0.2) is 42.2 Å². The second kappa shape index (κ2) is 9.83. The van der Waals surface area contributed by atoms with Crippen molar-refractivity contribution in [3.8, 4) is 0 Å². The standard InChI is InChI=1S/C14H21NO3S2/c1-3-7-15(9-14(17)18-4-2)13(16)11-19-10-12-6-5-8-20-12/h5-6,8H,3-4,7,9-11H2,1-2H3. The van der Waals surface area contributed by atoms with Crippen molar-refractivity contribution in [1.29, 1.82) is 0 Å². The number of nitrogens with zero attached hydrogens (tertiary/aromatic N) is 1. The molecule has 0 saturated carbocycles. The van der Waals surface area contributed by atoms with Crippen LogP contribution in [0.4, 0.5) is 0 Å². The average Bonchev–Trinajstić information content (AvgIpc) is 2.91. The molecule has 4 nitrogen and oxygen atoms in total. The molecule has 0 aliphatic heterocycles. The van der Waals surface area contributed by atoms with Crippen LogP contribution in [0.25, 0.3) is 0 Å². The van der Waals surface area contributed by atoms with Gasteiger partial charge in [-0.05, 0) is 24.8 Å². The maximum Gasteiger partial charge on any atom is 0.325 e. The van der Waals surface area contributed by atoms with Crippen molar-refractivity contribution in [2.24, 2.45) is 0 Å². The molecule has 1 aromatic heterocycles. The van der Waals surface area contributed by atoms with Gasteiger partial charge in [0.25, 0.3) is 0 Å². The van der Waals surface area contributed by atoms with Crippen LogP contribution in [0, 0.1) is 0 Å². The zero-order chi connectivity index (χ0) is 14.8. The Morgan fingerprint density at radius 3 is 2.80 bits per heavy atom. The molecule has 0 N–H and O–H groups in total. The molecular formula is C14H21NO3S2. The maximum atomic E-state index is 12.1. The summed E-state index contributed by atoms with van der Waals surface area (Å²) in [5.74, 6) is 0.902. The van der Waals surface area contributed by atoms with E-state index in [9.17, 15) is 9.59 Å². The highest BCUT2D eigenvalue weighted by Gasteiger charge is 2.16. The van der Waals surface area contributed by atoms with Crippen molar-refractivity contribution < 1.29 is 14.3 Å². The van der Waals surface area contributed by atoms with Crippen molar-refractivity contribution in [1.82, 2.24) is 4.90 Å². The van der Waals surface area contributed by atoms with Crippen LogP contribution in [0.3, 0.4) is 0 Å². The highest BCUT2D eigenvalue weighted by atomic mass is 32.2. The average molecular weight is 315 g/mol. The first-order chi connectivity index (χ1) is 9.67. The fourth-order valence-corrected chi connectivity index (χ4v) is 3.42. The van der Waals surface area contributed by atoms with Gasteiger partial charge in [-0.3, -0.25) is 9.59 Å². The molecule has 1 aromatic rings. The summed E-state index contributed by atoms with van der Waals surface area (Å²) in [6.45, 7) is 4.75. The van der Waals surface area contributed by atoms with E-state index in [-0.39, 0.29) is 18.4 Å². The van der Waals surface area contributed by atoms with Gasteiger partial charge in [-0.2, -0.15) is 0 Å². The van der Waals surface area contributed by atoms with Crippen LogP contribution in [0.1, 0.15) is 25.1 Å². The Balaban J connectivity index is 2.36. The molecule has 0 spiro atoms. The van der Waals surface area contributed by atoms with E-state index in [0.717, 1.165) is 12.2 Å². The fourth-order valence-electron chi connectivity index (χ4n) is 1.65. The molecule has 0 bridgehead atoms. The predicted octanol–water partition coefficient (Wildman–Crippen LogP) is 2.78. The first kappa shape index (κ1) is 17.0. The van der Waals surface area contributed by atoms with Gasteiger partial charge in [0.2, 0.25) is 5.91 Å². The van der Waals surface area contributed by atoms with Gasteiger partial charge in [0.15, 0.2) is 0 Å². The molecule has 0 aliphatic carbocycles. The highest BCUT2D eigenvalue weighted by Crippen LogP contribution is 2.17. The van der Waals surface area contributed by atoms with Crippen LogP contribution in [0.5, 0.6) is 0 Å². The summed E-state index contributed by atoms with van der Waals surface area (Å²) in [4.78, 5) is 26.4. The lowest BCUT2D eigenvalue weighted by Gasteiger charge is -2.20. The molecule has 0 aliphatic rings. The predicted molar refractivity (Wildman–Crippen MR) is 84.0 cm³/mol. The van der Waals surface area contributed by atoms with Gasteiger partial charge in [0.05, 0.1) is 12.4 Å². The Labute approximate surface area is 128 Å². The van der Waals surface area contributed by atoms with Crippen LogP contribution in [0.15, 0.2) is 17.5 Å². The van der Waals surface area contributed by atoms with E-state index in [1.165, 1.54) is 4.88 Å². The van der Waals surface area contributed by atoms with Gasteiger partial charge in [-0.1, -0.05) is 13.0 Å². The number of thioether (sulfide) groups is 1. The minimum absolute atomic E-state index is 0.00135. The van der Waals surface area contributed by atoms with Crippen LogP contribution in [-0.2, 0) is 20.1 Å². The molecule has 0 unspecified atom stereocenters. The second-order valence-corrected chi connectivity index (χ2v) is 6.21. The van der Waals surface area contributed by atoms with Gasteiger partial charge in [-0.15, -0.1) is 23.1 Å². The Bertz CT molecular complexity index is 407. The van der Waals surface area contributed by atoms with Crippen LogP contribution in [0.2, 0.25) is 0 Å². The number of ether oxygens (including phenoxy) is 1. The lowest BCUT2D eigenvalue weighted by molar-refractivity contribution is -0.148.